The van der Waals surface area contributed by atoms with Crippen molar-refractivity contribution >= 4 is 33.3 Å². The van der Waals surface area contributed by atoms with Crippen LogP contribution in [0.2, 0.25) is 0 Å². The highest BCUT2D eigenvalue weighted by Gasteiger charge is 2.37. The van der Waals surface area contributed by atoms with Gasteiger partial charge in [0.1, 0.15) is 11.2 Å². The zero-order valence-corrected chi connectivity index (χ0v) is 20.4. The number of likely N-dealkylation sites (tertiary alicyclic amines) is 1. The van der Waals surface area contributed by atoms with Crippen LogP contribution < -0.4 is 0 Å². The Morgan fingerprint density at radius 3 is 2.76 bits per heavy atom. The molecule has 1 aromatic carbocycles. The number of aromatic amines is 2. The SMILES string of the molecule is FC1(F)CCN(Cc2cncc(-c3ccc4[nH]nc(-c5nc6c(-c7cccs7)cncc6[nH]5)c4c3)c2)C1. The molecule has 0 saturated carbocycles. The van der Waals surface area contributed by atoms with Crippen molar-refractivity contribution in [3.8, 4) is 33.1 Å². The first-order chi connectivity index (χ1) is 18.0. The lowest BCUT2D eigenvalue weighted by molar-refractivity contribution is 0.0115. The Labute approximate surface area is 214 Å². The Morgan fingerprint density at radius 1 is 1.00 bits per heavy atom. The molecule has 0 radical (unpaired) electrons. The molecule has 0 amide bonds. The molecule has 184 valence electrons. The molecule has 0 bridgehead atoms. The van der Waals surface area contributed by atoms with Gasteiger partial charge < -0.3 is 4.98 Å². The van der Waals surface area contributed by atoms with Crippen LogP contribution in [0.3, 0.4) is 0 Å². The van der Waals surface area contributed by atoms with E-state index < -0.39 is 5.92 Å². The lowest BCUT2D eigenvalue weighted by Gasteiger charge is -2.15. The van der Waals surface area contributed by atoms with Crippen LogP contribution >= 0.6 is 11.3 Å². The minimum Gasteiger partial charge on any atom is -0.335 e. The summed E-state index contributed by atoms with van der Waals surface area (Å²) in [5.41, 5.74) is 7.08. The van der Waals surface area contributed by atoms with Crippen LogP contribution in [0.5, 0.6) is 0 Å². The molecule has 10 heteroatoms. The fourth-order valence-electron chi connectivity index (χ4n) is 4.96. The summed E-state index contributed by atoms with van der Waals surface area (Å²) in [5, 5.41) is 10.6. The van der Waals surface area contributed by atoms with E-state index in [1.807, 2.05) is 35.8 Å². The van der Waals surface area contributed by atoms with Crippen LogP contribution in [0, 0.1) is 0 Å². The quantitative estimate of drug-likeness (QED) is 0.290. The number of H-pyrrole nitrogens is 2. The Hall–Kier alpha value is -4.02. The zero-order chi connectivity index (χ0) is 25.0. The van der Waals surface area contributed by atoms with Gasteiger partial charge in [-0.3, -0.25) is 20.0 Å². The average molecular weight is 514 g/mol. The van der Waals surface area contributed by atoms with Crippen LogP contribution in [-0.4, -0.2) is 54.0 Å². The van der Waals surface area contributed by atoms with E-state index in [0.29, 0.717) is 24.6 Å². The molecule has 1 aliphatic rings. The summed E-state index contributed by atoms with van der Waals surface area (Å²) >= 11 is 1.65. The number of alkyl halides is 2. The Bertz CT molecular complexity index is 1740. The Balaban J connectivity index is 1.24. The van der Waals surface area contributed by atoms with Crippen molar-refractivity contribution in [2.75, 3.05) is 13.1 Å². The molecule has 1 saturated heterocycles. The summed E-state index contributed by atoms with van der Waals surface area (Å²) in [7, 11) is 0. The molecule has 6 aromatic rings. The third-order valence-corrected chi connectivity index (χ3v) is 7.65. The third-order valence-electron chi connectivity index (χ3n) is 6.75. The van der Waals surface area contributed by atoms with Crippen LogP contribution in [0.25, 0.3) is 55.0 Å². The first-order valence-electron chi connectivity index (χ1n) is 11.9. The van der Waals surface area contributed by atoms with Crippen molar-refractivity contribution in [3.63, 3.8) is 0 Å². The van der Waals surface area contributed by atoms with Crippen molar-refractivity contribution in [1.82, 2.24) is 35.0 Å². The fraction of sp³-hybridized carbons (Fsp3) is 0.185. The Morgan fingerprint density at radius 2 is 1.92 bits per heavy atom. The van der Waals surface area contributed by atoms with Crippen molar-refractivity contribution in [3.05, 3.63) is 72.1 Å². The summed E-state index contributed by atoms with van der Waals surface area (Å²) in [4.78, 5) is 19.9. The molecule has 7 rings (SSSR count). The van der Waals surface area contributed by atoms with Gasteiger partial charge in [0.2, 0.25) is 0 Å². The number of hydrogen-bond donors (Lipinski definition) is 2. The van der Waals surface area contributed by atoms with Crippen molar-refractivity contribution in [1.29, 1.82) is 0 Å². The van der Waals surface area contributed by atoms with E-state index in [1.54, 1.807) is 34.8 Å². The molecular weight excluding hydrogens is 492 g/mol. The maximum absolute atomic E-state index is 13.6. The lowest BCUT2D eigenvalue weighted by atomic mass is 10.0. The summed E-state index contributed by atoms with van der Waals surface area (Å²) in [6.45, 7) is 0.640. The van der Waals surface area contributed by atoms with Crippen molar-refractivity contribution in [2.24, 2.45) is 0 Å². The van der Waals surface area contributed by atoms with E-state index in [0.717, 1.165) is 49.1 Å². The van der Waals surface area contributed by atoms with Crippen molar-refractivity contribution in [2.45, 2.75) is 18.9 Å². The van der Waals surface area contributed by atoms with E-state index in [2.05, 4.69) is 37.3 Å². The molecule has 0 spiro atoms. The van der Waals surface area contributed by atoms with E-state index >= 15 is 0 Å². The maximum atomic E-state index is 13.6. The molecule has 6 heterocycles. The number of aromatic nitrogens is 6. The smallest absolute Gasteiger partial charge is 0.261 e. The third kappa shape index (κ3) is 4.08. The fourth-order valence-corrected chi connectivity index (χ4v) is 5.70. The second-order valence-corrected chi connectivity index (χ2v) is 10.3. The highest BCUT2D eigenvalue weighted by Crippen LogP contribution is 2.34. The Kier molecular flexibility index (Phi) is 5.12. The monoisotopic (exact) mass is 513 g/mol. The van der Waals surface area contributed by atoms with Gasteiger partial charge in [0, 0.05) is 59.5 Å². The normalized spacial score (nSPS) is 15.7. The molecule has 2 N–H and O–H groups in total. The average Bonchev–Trinajstić information content (AvgIpc) is 3.69. The zero-order valence-electron chi connectivity index (χ0n) is 19.6. The van der Waals surface area contributed by atoms with Gasteiger partial charge in [-0.2, -0.15) is 5.10 Å². The second-order valence-electron chi connectivity index (χ2n) is 9.38. The second kappa shape index (κ2) is 8.53. The summed E-state index contributed by atoms with van der Waals surface area (Å²) in [6, 6.07) is 12.1. The first kappa shape index (κ1) is 22.2. The van der Waals surface area contributed by atoms with Gasteiger partial charge in [-0.15, -0.1) is 11.3 Å². The van der Waals surface area contributed by atoms with E-state index in [9.17, 15) is 8.78 Å². The number of hydrogen-bond acceptors (Lipinski definition) is 6. The number of benzene rings is 1. The number of nitrogens with zero attached hydrogens (tertiary/aromatic N) is 5. The minimum atomic E-state index is -2.61. The highest BCUT2D eigenvalue weighted by atomic mass is 32.1. The van der Waals surface area contributed by atoms with Gasteiger partial charge in [0.15, 0.2) is 5.82 Å². The molecular formula is C27H21F2N7S. The van der Waals surface area contributed by atoms with E-state index in [4.69, 9.17) is 4.98 Å². The number of rotatable bonds is 5. The molecule has 0 unspecified atom stereocenters. The van der Waals surface area contributed by atoms with Crippen LogP contribution in [-0.2, 0) is 6.54 Å². The van der Waals surface area contributed by atoms with Gasteiger partial charge >= 0.3 is 0 Å². The predicted octanol–water partition coefficient (Wildman–Crippen LogP) is 6.13. The number of halogens is 2. The van der Waals surface area contributed by atoms with Gasteiger partial charge in [-0.1, -0.05) is 12.1 Å². The van der Waals surface area contributed by atoms with E-state index in [-0.39, 0.29) is 13.0 Å². The minimum absolute atomic E-state index is 0.0906. The van der Waals surface area contributed by atoms with Gasteiger partial charge in [-0.05, 0) is 40.8 Å². The number of fused-ring (bicyclic) bond motifs is 2. The number of pyridine rings is 2. The number of thiophene rings is 1. The molecule has 1 aliphatic heterocycles. The lowest BCUT2D eigenvalue weighted by Crippen LogP contribution is -2.24. The summed E-state index contributed by atoms with van der Waals surface area (Å²) < 4.78 is 27.2. The molecule has 5 aromatic heterocycles. The maximum Gasteiger partial charge on any atom is 0.261 e. The highest BCUT2D eigenvalue weighted by molar-refractivity contribution is 7.13. The molecule has 0 aliphatic carbocycles. The molecule has 0 atom stereocenters. The van der Waals surface area contributed by atoms with Crippen molar-refractivity contribution < 1.29 is 8.78 Å². The van der Waals surface area contributed by atoms with Crippen LogP contribution in [0.4, 0.5) is 8.78 Å². The predicted molar refractivity (Wildman–Crippen MR) is 140 cm³/mol. The number of nitrogens with one attached hydrogen (secondary N) is 2. The topological polar surface area (TPSA) is 86.4 Å². The summed E-state index contributed by atoms with van der Waals surface area (Å²) in [5.74, 6) is -1.95. The van der Waals surface area contributed by atoms with Crippen LogP contribution in [0.15, 0.2) is 66.6 Å². The van der Waals surface area contributed by atoms with Gasteiger partial charge in [-0.25, -0.2) is 13.8 Å². The molecule has 1 fully saturated rings. The molecule has 7 nitrogen and oxygen atoms in total. The van der Waals surface area contributed by atoms with Gasteiger partial charge in [0.05, 0.1) is 23.8 Å². The largest absolute Gasteiger partial charge is 0.335 e. The number of imidazole rings is 1. The van der Waals surface area contributed by atoms with Gasteiger partial charge in [0.25, 0.3) is 5.92 Å². The van der Waals surface area contributed by atoms with Crippen LogP contribution in [0.1, 0.15) is 12.0 Å². The molecule has 37 heavy (non-hydrogen) atoms. The first-order valence-corrected chi connectivity index (χ1v) is 12.8. The standard InChI is InChI=1S/C27H21F2N7S/c28-27(29)5-6-36(15-27)14-16-8-18(11-30-10-16)17-3-4-21-19(9-17)25(35-34-21)26-32-22-13-31-12-20(24(22)33-26)23-2-1-7-37-23/h1-4,7-13H,5-6,14-15H2,(H,32,33)(H,34,35). The van der Waals surface area contributed by atoms with E-state index in [1.165, 1.54) is 0 Å². The summed E-state index contributed by atoms with van der Waals surface area (Å²) in [6.07, 6.45) is 7.06.